The molecule has 3 rings (SSSR count). The molecule has 0 spiro atoms. The summed E-state index contributed by atoms with van der Waals surface area (Å²) in [6.45, 7) is 3.67. The van der Waals surface area contributed by atoms with Gasteiger partial charge in [-0.1, -0.05) is 6.42 Å². The number of methoxy groups -OCH3 is 1. The van der Waals surface area contributed by atoms with Crippen LogP contribution in [0, 0.1) is 12.8 Å². The van der Waals surface area contributed by atoms with E-state index in [9.17, 15) is 4.79 Å². The van der Waals surface area contributed by atoms with Crippen molar-refractivity contribution < 1.29 is 9.53 Å². The molecule has 0 atom stereocenters. The largest absolute Gasteiger partial charge is 0.385 e. The van der Waals surface area contributed by atoms with E-state index < -0.39 is 0 Å². The second-order valence-electron chi connectivity index (χ2n) is 6.34. The van der Waals surface area contributed by atoms with Crippen molar-refractivity contribution in [3.05, 3.63) is 29.5 Å². The minimum atomic E-state index is 0.197. The number of hydrogen-bond donors (Lipinski definition) is 0. The van der Waals surface area contributed by atoms with Gasteiger partial charge in [0, 0.05) is 43.8 Å². The summed E-state index contributed by atoms with van der Waals surface area (Å²) in [5.41, 5.74) is 2.87. The van der Waals surface area contributed by atoms with Crippen molar-refractivity contribution in [1.29, 1.82) is 0 Å². The molecule has 0 N–H and O–H groups in total. The average molecular weight is 300 g/mol. The summed E-state index contributed by atoms with van der Waals surface area (Å²) in [4.78, 5) is 12.3. The topological polar surface area (TPSA) is 44.1 Å². The van der Waals surface area contributed by atoms with Crippen LogP contribution in [0.25, 0.3) is 10.9 Å². The molecule has 0 bridgehead atoms. The normalized spacial score (nSPS) is 15.2. The summed E-state index contributed by atoms with van der Waals surface area (Å²) in [5, 5.41) is 5.76. The van der Waals surface area contributed by atoms with E-state index in [1.165, 1.54) is 19.3 Å². The maximum atomic E-state index is 12.3. The lowest BCUT2D eigenvalue weighted by atomic mass is 9.85. The van der Waals surface area contributed by atoms with Crippen molar-refractivity contribution in [3.8, 4) is 0 Å². The van der Waals surface area contributed by atoms with Crippen LogP contribution >= 0.6 is 0 Å². The van der Waals surface area contributed by atoms with E-state index in [0.29, 0.717) is 13.0 Å². The highest BCUT2D eigenvalue weighted by atomic mass is 16.5. The van der Waals surface area contributed by atoms with E-state index in [1.54, 1.807) is 7.11 Å². The van der Waals surface area contributed by atoms with Crippen LogP contribution in [-0.4, -0.2) is 29.3 Å². The van der Waals surface area contributed by atoms with Gasteiger partial charge in [0.05, 0.1) is 5.52 Å². The van der Waals surface area contributed by atoms with Gasteiger partial charge < -0.3 is 4.74 Å². The van der Waals surface area contributed by atoms with Gasteiger partial charge in [-0.15, -0.1) is 0 Å². The summed E-state index contributed by atoms with van der Waals surface area (Å²) >= 11 is 0. The van der Waals surface area contributed by atoms with Crippen LogP contribution in [0.2, 0.25) is 0 Å². The van der Waals surface area contributed by atoms with Crippen molar-refractivity contribution in [2.75, 3.05) is 13.7 Å². The zero-order chi connectivity index (χ0) is 15.5. The zero-order valence-corrected chi connectivity index (χ0v) is 13.5. The Bertz CT molecular complexity index is 671. The third-order valence-electron chi connectivity index (χ3n) is 4.73. The number of ketones is 1. The van der Waals surface area contributed by atoms with Crippen molar-refractivity contribution in [3.63, 3.8) is 0 Å². The van der Waals surface area contributed by atoms with E-state index in [4.69, 9.17) is 4.74 Å². The molecule has 0 amide bonds. The first-order chi connectivity index (χ1) is 10.7. The standard InChI is InChI=1S/C18H24N2O2/c1-13-15(18(21)7-4-10-22-2)8-9-17-16(13)12-20(19-17)11-14-5-3-6-14/h8-9,12,14H,3-7,10-11H2,1-2H3. The molecule has 1 aromatic carbocycles. The van der Waals surface area contributed by atoms with Crippen molar-refractivity contribution in [1.82, 2.24) is 9.78 Å². The Morgan fingerprint density at radius 3 is 2.91 bits per heavy atom. The summed E-state index contributed by atoms with van der Waals surface area (Å²) in [5.74, 6) is 0.980. The van der Waals surface area contributed by atoms with Crippen molar-refractivity contribution in [2.45, 2.75) is 45.6 Å². The molecule has 0 aliphatic heterocycles. The second-order valence-corrected chi connectivity index (χ2v) is 6.34. The molecule has 0 unspecified atom stereocenters. The highest BCUT2D eigenvalue weighted by Crippen LogP contribution is 2.29. The second kappa shape index (κ2) is 6.61. The van der Waals surface area contributed by atoms with Gasteiger partial charge >= 0.3 is 0 Å². The van der Waals surface area contributed by atoms with E-state index in [2.05, 4.69) is 16.0 Å². The fourth-order valence-electron chi connectivity index (χ4n) is 3.13. The van der Waals surface area contributed by atoms with Gasteiger partial charge in [0.2, 0.25) is 0 Å². The third kappa shape index (κ3) is 3.07. The van der Waals surface area contributed by atoms with Crippen LogP contribution in [0.4, 0.5) is 0 Å². The Kier molecular flexibility index (Phi) is 4.57. The number of hydrogen-bond acceptors (Lipinski definition) is 3. The number of aromatic nitrogens is 2. The minimum Gasteiger partial charge on any atom is -0.385 e. The first-order valence-corrected chi connectivity index (χ1v) is 8.18. The minimum absolute atomic E-state index is 0.197. The molecule has 1 aliphatic carbocycles. The molecule has 1 aliphatic rings. The molecule has 2 aromatic rings. The van der Waals surface area contributed by atoms with Crippen LogP contribution in [0.3, 0.4) is 0 Å². The summed E-state index contributed by atoms with van der Waals surface area (Å²) in [6, 6.07) is 3.90. The molecule has 1 fully saturated rings. The number of benzene rings is 1. The lowest BCUT2D eigenvalue weighted by Crippen LogP contribution is -2.18. The van der Waals surface area contributed by atoms with Gasteiger partial charge in [-0.3, -0.25) is 9.48 Å². The predicted molar refractivity (Wildman–Crippen MR) is 87.3 cm³/mol. The summed E-state index contributed by atoms with van der Waals surface area (Å²) < 4.78 is 7.08. The number of nitrogens with zero attached hydrogens (tertiary/aromatic N) is 2. The van der Waals surface area contributed by atoms with E-state index in [0.717, 1.165) is 40.9 Å². The number of carbonyl (C=O) groups is 1. The predicted octanol–water partition coefficient (Wildman–Crippen LogP) is 3.75. The maximum Gasteiger partial charge on any atom is 0.163 e. The highest BCUT2D eigenvalue weighted by molar-refractivity contribution is 6.01. The number of aryl methyl sites for hydroxylation is 1. The lowest BCUT2D eigenvalue weighted by molar-refractivity contribution is 0.0963. The fourth-order valence-corrected chi connectivity index (χ4v) is 3.13. The van der Waals surface area contributed by atoms with Crippen molar-refractivity contribution in [2.24, 2.45) is 5.92 Å². The fraction of sp³-hybridized carbons (Fsp3) is 0.556. The Morgan fingerprint density at radius 1 is 1.41 bits per heavy atom. The molecule has 4 nitrogen and oxygen atoms in total. The number of rotatable bonds is 7. The number of fused-ring (bicyclic) bond motifs is 1. The molecule has 118 valence electrons. The van der Waals surface area contributed by atoms with E-state index in [1.807, 2.05) is 19.1 Å². The Labute approximate surface area is 131 Å². The molecule has 22 heavy (non-hydrogen) atoms. The average Bonchev–Trinajstić information content (AvgIpc) is 2.87. The Balaban J connectivity index is 1.80. The van der Waals surface area contributed by atoms with E-state index >= 15 is 0 Å². The SMILES string of the molecule is COCCCC(=O)c1ccc2nn(CC3CCC3)cc2c1C. The quantitative estimate of drug-likeness (QED) is 0.578. The molecule has 1 heterocycles. The molecular formula is C18H24N2O2. The van der Waals surface area contributed by atoms with Crippen LogP contribution < -0.4 is 0 Å². The Morgan fingerprint density at radius 2 is 2.23 bits per heavy atom. The molecule has 0 saturated heterocycles. The third-order valence-corrected chi connectivity index (χ3v) is 4.73. The molecule has 1 aromatic heterocycles. The lowest BCUT2D eigenvalue weighted by Gasteiger charge is -2.24. The monoisotopic (exact) mass is 300 g/mol. The smallest absolute Gasteiger partial charge is 0.163 e. The molecular weight excluding hydrogens is 276 g/mol. The number of carbonyl (C=O) groups excluding carboxylic acids is 1. The summed E-state index contributed by atoms with van der Waals surface area (Å²) in [6.07, 6.45) is 7.40. The molecule has 0 radical (unpaired) electrons. The highest BCUT2D eigenvalue weighted by Gasteiger charge is 2.19. The van der Waals surface area contributed by atoms with Crippen LogP contribution in [0.15, 0.2) is 18.3 Å². The van der Waals surface area contributed by atoms with Crippen LogP contribution in [0.5, 0.6) is 0 Å². The van der Waals surface area contributed by atoms with Gasteiger partial charge in [0.25, 0.3) is 0 Å². The van der Waals surface area contributed by atoms with Crippen LogP contribution in [0.1, 0.15) is 48.0 Å². The first-order valence-electron chi connectivity index (χ1n) is 8.18. The first kappa shape index (κ1) is 15.2. The molecule has 4 heteroatoms. The van der Waals surface area contributed by atoms with E-state index in [-0.39, 0.29) is 5.78 Å². The number of Topliss-reactive ketones (excluding diaryl/α,β-unsaturated/α-hetero) is 1. The van der Waals surface area contributed by atoms with Gasteiger partial charge in [-0.05, 0) is 49.8 Å². The van der Waals surface area contributed by atoms with Gasteiger partial charge in [0.1, 0.15) is 0 Å². The zero-order valence-electron chi connectivity index (χ0n) is 13.5. The van der Waals surface area contributed by atoms with Gasteiger partial charge in [-0.25, -0.2) is 0 Å². The Hall–Kier alpha value is -1.68. The molecule has 1 saturated carbocycles. The maximum absolute atomic E-state index is 12.3. The summed E-state index contributed by atoms with van der Waals surface area (Å²) in [7, 11) is 1.66. The van der Waals surface area contributed by atoms with Gasteiger partial charge in [-0.2, -0.15) is 5.10 Å². The van der Waals surface area contributed by atoms with Crippen molar-refractivity contribution >= 4 is 16.7 Å². The van der Waals surface area contributed by atoms with Crippen LogP contribution in [-0.2, 0) is 11.3 Å². The van der Waals surface area contributed by atoms with Gasteiger partial charge in [0.15, 0.2) is 5.78 Å². The number of ether oxygens (including phenoxy) is 1.